The van der Waals surface area contributed by atoms with Gasteiger partial charge < -0.3 is 4.40 Å². The van der Waals surface area contributed by atoms with E-state index in [9.17, 15) is 9.18 Å². The SMILES string of the molecule is O=Cc1nc(CCc2ccccc2F)n2ccccc12. The van der Waals surface area contributed by atoms with E-state index in [2.05, 4.69) is 4.98 Å². The molecule has 0 aliphatic rings. The lowest BCUT2D eigenvalue weighted by atomic mass is 10.1. The summed E-state index contributed by atoms with van der Waals surface area (Å²) in [5.41, 5.74) is 1.87. The Morgan fingerprint density at radius 1 is 1.10 bits per heavy atom. The largest absolute Gasteiger partial charge is 0.303 e. The number of carbonyl (C=O) groups is 1. The number of fused-ring (bicyclic) bond motifs is 1. The van der Waals surface area contributed by atoms with E-state index < -0.39 is 0 Å². The molecule has 1 aromatic carbocycles. The van der Waals surface area contributed by atoms with Crippen molar-refractivity contribution >= 4 is 11.8 Å². The maximum Gasteiger partial charge on any atom is 0.170 e. The molecular formula is C16H13FN2O. The Morgan fingerprint density at radius 2 is 1.90 bits per heavy atom. The third-order valence-corrected chi connectivity index (χ3v) is 3.34. The Hall–Kier alpha value is -2.49. The van der Waals surface area contributed by atoms with Crippen LogP contribution in [0.2, 0.25) is 0 Å². The molecule has 0 saturated heterocycles. The average molecular weight is 268 g/mol. The molecule has 0 aliphatic heterocycles. The molecule has 0 unspecified atom stereocenters. The van der Waals surface area contributed by atoms with Gasteiger partial charge in [-0.3, -0.25) is 4.79 Å². The van der Waals surface area contributed by atoms with Crippen LogP contribution in [-0.4, -0.2) is 15.7 Å². The number of aldehydes is 1. The maximum atomic E-state index is 13.6. The maximum absolute atomic E-state index is 13.6. The number of hydrogen-bond donors (Lipinski definition) is 0. The minimum absolute atomic E-state index is 0.205. The average Bonchev–Trinajstić information content (AvgIpc) is 2.85. The van der Waals surface area contributed by atoms with Crippen LogP contribution in [0.25, 0.3) is 5.52 Å². The van der Waals surface area contributed by atoms with Crippen molar-refractivity contribution in [2.45, 2.75) is 12.8 Å². The first-order chi connectivity index (χ1) is 9.79. The number of nitrogens with zero attached hydrogens (tertiary/aromatic N) is 2. The number of hydrogen-bond acceptors (Lipinski definition) is 2. The molecule has 3 rings (SSSR count). The monoisotopic (exact) mass is 268 g/mol. The van der Waals surface area contributed by atoms with Gasteiger partial charge in [0.1, 0.15) is 17.3 Å². The van der Waals surface area contributed by atoms with Gasteiger partial charge in [0.2, 0.25) is 0 Å². The zero-order chi connectivity index (χ0) is 13.9. The number of imidazole rings is 1. The van der Waals surface area contributed by atoms with Gasteiger partial charge in [0, 0.05) is 12.6 Å². The smallest absolute Gasteiger partial charge is 0.170 e. The number of aromatic nitrogens is 2. The van der Waals surface area contributed by atoms with Crippen molar-refractivity contribution in [3.63, 3.8) is 0 Å². The normalized spacial score (nSPS) is 10.8. The molecule has 0 spiro atoms. The molecule has 3 aromatic rings. The first-order valence-electron chi connectivity index (χ1n) is 6.44. The number of benzene rings is 1. The van der Waals surface area contributed by atoms with Crippen LogP contribution in [0.3, 0.4) is 0 Å². The van der Waals surface area contributed by atoms with Crippen LogP contribution >= 0.6 is 0 Å². The van der Waals surface area contributed by atoms with Crippen LogP contribution in [0.1, 0.15) is 21.9 Å². The highest BCUT2D eigenvalue weighted by Gasteiger charge is 2.10. The van der Waals surface area contributed by atoms with E-state index >= 15 is 0 Å². The molecule has 2 aromatic heterocycles. The second kappa shape index (κ2) is 5.25. The van der Waals surface area contributed by atoms with Crippen LogP contribution in [0.15, 0.2) is 48.7 Å². The molecule has 0 saturated carbocycles. The second-order valence-electron chi connectivity index (χ2n) is 4.58. The van der Waals surface area contributed by atoms with Gasteiger partial charge in [-0.05, 0) is 30.2 Å². The van der Waals surface area contributed by atoms with Gasteiger partial charge in [-0.15, -0.1) is 0 Å². The lowest BCUT2D eigenvalue weighted by Gasteiger charge is -2.03. The van der Waals surface area contributed by atoms with Crippen molar-refractivity contribution in [3.8, 4) is 0 Å². The highest BCUT2D eigenvalue weighted by Crippen LogP contribution is 2.15. The molecule has 100 valence electrons. The summed E-state index contributed by atoms with van der Waals surface area (Å²) >= 11 is 0. The van der Waals surface area contributed by atoms with Crippen molar-refractivity contribution in [3.05, 3.63) is 71.6 Å². The Kier molecular flexibility index (Phi) is 3.29. The van der Waals surface area contributed by atoms with Crippen molar-refractivity contribution in [2.75, 3.05) is 0 Å². The standard InChI is InChI=1S/C16H13FN2O/c17-13-6-2-1-5-12(13)8-9-16-18-14(11-20)15-7-3-4-10-19(15)16/h1-7,10-11H,8-9H2. The molecule has 0 N–H and O–H groups in total. The molecule has 0 bridgehead atoms. The third-order valence-electron chi connectivity index (χ3n) is 3.34. The highest BCUT2D eigenvalue weighted by atomic mass is 19.1. The van der Waals surface area contributed by atoms with Gasteiger partial charge in [0.15, 0.2) is 6.29 Å². The molecule has 0 aliphatic carbocycles. The minimum atomic E-state index is -0.205. The third kappa shape index (κ3) is 2.20. The summed E-state index contributed by atoms with van der Waals surface area (Å²) in [5.74, 6) is 0.565. The fourth-order valence-corrected chi connectivity index (χ4v) is 2.34. The number of aryl methyl sites for hydroxylation is 2. The fourth-order valence-electron chi connectivity index (χ4n) is 2.34. The van der Waals surface area contributed by atoms with Gasteiger partial charge in [0.25, 0.3) is 0 Å². The lowest BCUT2D eigenvalue weighted by Crippen LogP contribution is -1.99. The number of carbonyl (C=O) groups excluding carboxylic acids is 1. The highest BCUT2D eigenvalue weighted by molar-refractivity contribution is 5.83. The van der Waals surface area contributed by atoms with E-state index in [0.717, 1.165) is 17.6 Å². The van der Waals surface area contributed by atoms with E-state index in [4.69, 9.17) is 0 Å². The van der Waals surface area contributed by atoms with E-state index in [-0.39, 0.29) is 5.82 Å². The van der Waals surface area contributed by atoms with Crippen LogP contribution < -0.4 is 0 Å². The summed E-state index contributed by atoms with van der Waals surface area (Å²) in [6, 6.07) is 12.3. The van der Waals surface area contributed by atoms with Crippen molar-refractivity contribution < 1.29 is 9.18 Å². The van der Waals surface area contributed by atoms with E-state index in [1.807, 2.05) is 34.9 Å². The Bertz CT molecular complexity index is 764. The van der Waals surface area contributed by atoms with Gasteiger partial charge >= 0.3 is 0 Å². The van der Waals surface area contributed by atoms with Gasteiger partial charge in [-0.2, -0.15) is 0 Å². The number of pyridine rings is 1. The van der Waals surface area contributed by atoms with Crippen LogP contribution in [0.4, 0.5) is 4.39 Å². The lowest BCUT2D eigenvalue weighted by molar-refractivity contribution is 0.112. The predicted octanol–water partition coefficient (Wildman–Crippen LogP) is 3.07. The summed E-state index contributed by atoms with van der Waals surface area (Å²) < 4.78 is 15.5. The van der Waals surface area contributed by atoms with Crippen molar-refractivity contribution in [1.29, 1.82) is 0 Å². The first kappa shape index (κ1) is 12.5. The zero-order valence-corrected chi connectivity index (χ0v) is 10.8. The second-order valence-corrected chi connectivity index (χ2v) is 4.58. The molecule has 4 heteroatoms. The van der Waals surface area contributed by atoms with Gasteiger partial charge in [-0.25, -0.2) is 9.37 Å². The molecule has 2 heterocycles. The Morgan fingerprint density at radius 3 is 2.70 bits per heavy atom. The summed E-state index contributed by atoms with van der Waals surface area (Å²) in [4.78, 5) is 15.4. The van der Waals surface area contributed by atoms with E-state index in [1.54, 1.807) is 12.1 Å². The van der Waals surface area contributed by atoms with Gasteiger partial charge in [-0.1, -0.05) is 24.3 Å². The Balaban J connectivity index is 1.92. The first-order valence-corrected chi connectivity index (χ1v) is 6.44. The summed E-state index contributed by atoms with van der Waals surface area (Å²) in [7, 11) is 0. The molecule has 0 amide bonds. The van der Waals surface area contributed by atoms with Crippen molar-refractivity contribution in [2.24, 2.45) is 0 Å². The van der Waals surface area contributed by atoms with E-state index in [0.29, 0.717) is 24.1 Å². The number of rotatable bonds is 4. The minimum Gasteiger partial charge on any atom is -0.303 e. The van der Waals surface area contributed by atoms with Crippen LogP contribution in [0.5, 0.6) is 0 Å². The van der Waals surface area contributed by atoms with Crippen LogP contribution in [-0.2, 0) is 12.8 Å². The molecule has 3 nitrogen and oxygen atoms in total. The molecule has 0 atom stereocenters. The molecule has 0 fully saturated rings. The van der Waals surface area contributed by atoms with Gasteiger partial charge in [0.05, 0.1) is 5.52 Å². The predicted molar refractivity (Wildman–Crippen MR) is 74.4 cm³/mol. The summed E-state index contributed by atoms with van der Waals surface area (Å²) in [6.45, 7) is 0. The van der Waals surface area contributed by atoms with Crippen molar-refractivity contribution in [1.82, 2.24) is 9.38 Å². The van der Waals surface area contributed by atoms with E-state index in [1.165, 1.54) is 6.07 Å². The summed E-state index contributed by atoms with van der Waals surface area (Å²) in [5, 5.41) is 0. The molecule has 0 radical (unpaired) electrons. The zero-order valence-electron chi connectivity index (χ0n) is 10.8. The Labute approximate surface area is 115 Å². The fraction of sp³-hybridized carbons (Fsp3) is 0.125. The topological polar surface area (TPSA) is 34.4 Å². The summed E-state index contributed by atoms with van der Waals surface area (Å²) in [6.07, 6.45) is 3.76. The van der Waals surface area contributed by atoms with Crippen LogP contribution in [0, 0.1) is 5.82 Å². The molecule has 20 heavy (non-hydrogen) atoms. The molecular weight excluding hydrogens is 255 g/mol. The number of halogens is 1. The quantitative estimate of drug-likeness (QED) is 0.681.